The van der Waals surface area contributed by atoms with Crippen molar-refractivity contribution >= 4 is 11.6 Å². The molecule has 3 rings (SSSR count). The molecule has 1 aliphatic heterocycles. The molecule has 132 valence electrons. The summed E-state index contributed by atoms with van der Waals surface area (Å²) >= 11 is 0. The Balaban J connectivity index is 1.94. The predicted octanol–water partition coefficient (Wildman–Crippen LogP) is 3.13. The molecule has 5 heteroatoms. The molecule has 2 aromatic rings. The molecule has 1 N–H and O–H groups in total. The highest BCUT2D eigenvalue weighted by Gasteiger charge is 2.47. The summed E-state index contributed by atoms with van der Waals surface area (Å²) in [5.41, 5.74) is 1.84. The summed E-state index contributed by atoms with van der Waals surface area (Å²) in [5.74, 6) is -0.0214. The number of amides is 1. The first kappa shape index (κ1) is 17.5. The molecule has 0 fully saturated rings. The molecule has 1 atom stereocenters. The van der Waals surface area contributed by atoms with Crippen LogP contribution >= 0.6 is 0 Å². The first-order chi connectivity index (χ1) is 12.1. The van der Waals surface area contributed by atoms with Crippen molar-refractivity contribution < 1.29 is 14.3 Å². The lowest BCUT2D eigenvalue weighted by molar-refractivity contribution is -0.167. The monoisotopic (exact) mass is 340 g/mol. The molecule has 0 saturated heterocycles. The normalized spacial score (nSPS) is 19.7. The Kier molecular flexibility index (Phi) is 5.06. The second-order valence-electron chi connectivity index (χ2n) is 6.31. The van der Waals surface area contributed by atoms with Gasteiger partial charge in [-0.15, -0.1) is 0 Å². The number of benzene rings is 2. The predicted molar refractivity (Wildman–Crippen MR) is 97.5 cm³/mol. The zero-order valence-corrected chi connectivity index (χ0v) is 14.9. The van der Waals surface area contributed by atoms with Crippen LogP contribution in [0.4, 0.5) is 5.69 Å². The average molecular weight is 340 g/mol. The van der Waals surface area contributed by atoms with Crippen molar-refractivity contribution in [2.24, 2.45) is 0 Å². The van der Waals surface area contributed by atoms with E-state index in [1.165, 1.54) is 5.56 Å². The van der Waals surface area contributed by atoms with Gasteiger partial charge in [0.25, 0.3) is 5.91 Å². The number of rotatable bonds is 6. The number of ether oxygens (including phenoxy) is 2. The lowest BCUT2D eigenvalue weighted by atomic mass is 9.99. The topological polar surface area (TPSA) is 50.8 Å². The average Bonchev–Trinajstić information content (AvgIpc) is 2.63. The molecule has 5 nitrogen and oxygen atoms in total. The van der Waals surface area contributed by atoms with Crippen LogP contribution in [0.5, 0.6) is 0 Å². The van der Waals surface area contributed by atoms with Crippen molar-refractivity contribution in [2.45, 2.75) is 25.3 Å². The maximum Gasteiger partial charge on any atom is 0.257 e. The zero-order chi connectivity index (χ0) is 17.9. The third kappa shape index (κ3) is 3.25. The van der Waals surface area contributed by atoms with Gasteiger partial charge in [0.2, 0.25) is 0 Å². The Bertz CT molecular complexity index is 731. The Hall–Kier alpha value is -2.37. The number of para-hydroxylation sites is 1. The minimum absolute atomic E-state index is 0.0214. The Morgan fingerprint density at radius 3 is 2.36 bits per heavy atom. The first-order valence-electron chi connectivity index (χ1n) is 8.39. The van der Waals surface area contributed by atoms with E-state index >= 15 is 0 Å². The van der Waals surface area contributed by atoms with Gasteiger partial charge in [0, 0.05) is 26.5 Å². The highest BCUT2D eigenvalue weighted by Crippen LogP contribution is 2.34. The summed E-state index contributed by atoms with van der Waals surface area (Å²) in [4.78, 5) is 15.0. The molecule has 0 bridgehead atoms. The van der Waals surface area contributed by atoms with Gasteiger partial charge in [-0.25, -0.2) is 0 Å². The Morgan fingerprint density at radius 1 is 1.04 bits per heavy atom. The van der Waals surface area contributed by atoms with Crippen molar-refractivity contribution in [3.8, 4) is 0 Å². The van der Waals surface area contributed by atoms with E-state index in [2.05, 4.69) is 17.4 Å². The third-order valence-electron chi connectivity index (χ3n) is 4.71. The number of nitrogens with one attached hydrogen (secondary N) is 1. The molecule has 0 spiro atoms. The number of carbonyl (C=O) groups excluding carboxylic acids is 1. The number of carbonyl (C=O) groups is 1. The van der Waals surface area contributed by atoms with Crippen LogP contribution in [0.2, 0.25) is 0 Å². The summed E-state index contributed by atoms with van der Waals surface area (Å²) in [6.45, 7) is 2.49. The largest absolute Gasteiger partial charge is 0.358 e. The molecule has 1 heterocycles. The van der Waals surface area contributed by atoms with Gasteiger partial charge >= 0.3 is 0 Å². The van der Waals surface area contributed by atoms with E-state index in [0.29, 0.717) is 12.1 Å². The van der Waals surface area contributed by atoms with Crippen molar-refractivity contribution in [1.29, 1.82) is 0 Å². The second kappa shape index (κ2) is 7.25. The number of methoxy groups -OCH3 is 2. The van der Waals surface area contributed by atoms with Gasteiger partial charge in [-0.1, -0.05) is 42.5 Å². The molecule has 1 aliphatic rings. The summed E-state index contributed by atoms with van der Waals surface area (Å²) in [7, 11) is 3.17. The molecule has 0 radical (unpaired) electrons. The molecule has 0 saturated carbocycles. The number of anilines is 1. The van der Waals surface area contributed by atoms with Gasteiger partial charge in [0.05, 0.1) is 5.56 Å². The van der Waals surface area contributed by atoms with Crippen molar-refractivity contribution in [2.75, 3.05) is 26.1 Å². The minimum Gasteiger partial charge on any atom is -0.358 e. The van der Waals surface area contributed by atoms with E-state index in [9.17, 15) is 4.79 Å². The first-order valence-corrected chi connectivity index (χ1v) is 8.39. The van der Waals surface area contributed by atoms with E-state index in [4.69, 9.17) is 9.47 Å². The quantitative estimate of drug-likeness (QED) is 0.821. The van der Waals surface area contributed by atoms with Gasteiger partial charge in [-0.05, 0) is 31.0 Å². The van der Waals surface area contributed by atoms with E-state index in [-0.39, 0.29) is 5.91 Å². The van der Waals surface area contributed by atoms with Crippen molar-refractivity contribution in [3.05, 3.63) is 65.7 Å². The molecule has 1 amide bonds. The van der Waals surface area contributed by atoms with Crippen LogP contribution in [0.1, 0.15) is 22.8 Å². The number of fused-ring (bicyclic) bond motifs is 1. The van der Waals surface area contributed by atoms with Crippen LogP contribution in [0.25, 0.3) is 0 Å². The van der Waals surface area contributed by atoms with Crippen LogP contribution in [0, 0.1) is 0 Å². The molecule has 0 unspecified atom stereocenters. The van der Waals surface area contributed by atoms with E-state index in [1.807, 2.05) is 49.4 Å². The van der Waals surface area contributed by atoms with Crippen molar-refractivity contribution in [3.63, 3.8) is 0 Å². The maximum atomic E-state index is 13.2. The molecule has 2 aromatic carbocycles. The van der Waals surface area contributed by atoms with Crippen molar-refractivity contribution in [1.82, 2.24) is 4.90 Å². The van der Waals surface area contributed by atoms with Crippen LogP contribution in [-0.4, -0.2) is 43.5 Å². The standard InChI is InChI=1S/C20H24N2O3/c1-20(19(24-2)25-3)21-17-12-8-7-11-16(17)18(23)22(20)14-13-15-9-5-4-6-10-15/h4-12,19,21H,13-14H2,1-3H3/t20-/m1/s1. The Morgan fingerprint density at radius 2 is 1.68 bits per heavy atom. The van der Waals surface area contributed by atoms with Gasteiger partial charge in [-0.3, -0.25) is 4.79 Å². The minimum atomic E-state index is -0.802. The van der Waals surface area contributed by atoms with Gasteiger partial charge < -0.3 is 19.7 Å². The smallest absolute Gasteiger partial charge is 0.257 e. The maximum absolute atomic E-state index is 13.2. The summed E-state index contributed by atoms with van der Waals surface area (Å²) < 4.78 is 11.0. The van der Waals surface area contributed by atoms with E-state index in [1.54, 1.807) is 19.1 Å². The van der Waals surface area contributed by atoms with Crippen LogP contribution in [0.3, 0.4) is 0 Å². The van der Waals surface area contributed by atoms with Crippen LogP contribution in [0.15, 0.2) is 54.6 Å². The fourth-order valence-electron chi connectivity index (χ4n) is 3.44. The number of nitrogens with zero attached hydrogens (tertiary/aromatic N) is 1. The molecular formula is C20H24N2O3. The summed E-state index contributed by atoms with van der Waals surface area (Å²) in [5, 5.41) is 3.45. The molecule has 0 aromatic heterocycles. The fraction of sp³-hybridized carbons (Fsp3) is 0.350. The second-order valence-corrected chi connectivity index (χ2v) is 6.31. The molecular weight excluding hydrogens is 316 g/mol. The number of hydrogen-bond donors (Lipinski definition) is 1. The highest BCUT2D eigenvalue weighted by atomic mass is 16.7. The van der Waals surface area contributed by atoms with Gasteiger partial charge in [0.15, 0.2) is 12.0 Å². The SMILES string of the molecule is COC(OC)[C@]1(C)Nc2ccccc2C(=O)N1CCc1ccccc1. The Labute approximate surface area is 148 Å². The van der Waals surface area contributed by atoms with Gasteiger partial charge in [-0.2, -0.15) is 0 Å². The van der Waals surface area contributed by atoms with Gasteiger partial charge in [0.1, 0.15) is 0 Å². The summed E-state index contributed by atoms with van der Waals surface area (Å²) in [6.07, 6.45) is 0.159. The summed E-state index contributed by atoms with van der Waals surface area (Å²) in [6, 6.07) is 17.7. The lowest BCUT2D eigenvalue weighted by Gasteiger charge is -2.49. The number of hydrogen-bond acceptors (Lipinski definition) is 4. The fourth-order valence-corrected chi connectivity index (χ4v) is 3.44. The molecule has 25 heavy (non-hydrogen) atoms. The zero-order valence-electron chi connectivity index (χ0n) is 14.9. The lowest BCUT2D eigenvalue weighted by Crippen LogP contribution is -2.65. The van der Waals surface area contributed by atoms with E-state index < -0.39 is 12.0 Å². The van der Waals surface area contributed by atoms with E-state index in [0.717, 1.165) is 12.1 Å². The highest BCUT2D eigenvalue weighted by molar-refractivity contribution is 6.02. The van der Waals surface area contributed by atoms with Crippen LogP contribution in [-0.2, 0) is 15.9 Å². The van der Waals surface area contributed by atoms with Crippen LogP contribution < -0.4 is 5.32 Å². The molecule has 0 aliphatic carbocycles. The third-order valence-corrected chi connectivity index (χ3v) is 4.71.